The number of carbonyl (C=O) groups excluding carboxylic acids is 2. The van der Waals surface area contributed by atoms with Crippen molar-refractivity contribution in [2.75, 3.05) is 13.2 Å². The molecule has 0 fully saturated rings. The van der Waals surface area contributed by atoms with Crippen LogP contribution in [0.3, 0.4) is 0 Å². The van der Waals surface area contributed by atoms with E-state index in [1.54, 1.807) is 6.08 Å². The summed E-state index contributed by atoms with van der Waals surface area (Å²) in [5.41, 5.74) is 0. The van der Waals surface area contributed by atoms with Crippen molar-refractivity contribution >= 4 is 11.9 Å². The van der Waals surface area contributed by atoms with Crippen LogP contribution < -0.4 is 5.32 Å². The molecule has 66 heavy (non-hydrogen) atoms. The van der Waals surface area contributed by atoms with E-state index in [1.165, 1.54) is 238 Å². The summed E-state index contributed by atoms with van der Waals surface area (Å²) in [6.07, 6.45) is 67.7. The summed E-state index contributed by atoms with van der Waals surface area (Å²) >= 11 is 0. The van der Waals surface area contributed by atoms with Gasteiger partial charge in [0.05, 0.1) is 25.4 Å². The topological polar surface area (TPSA) is 95.9 Å². The Morgan fingerprint density at radius 2 is 0.712 bits per heavy atom. The highest BCUT2D eigenvalue weighted by Gasteiger charge is 2.18. The maximum atomic E-state index is 12.5. The first-order chi connectivity index (χ1) is 32.5. The van der Waals surface area contributed by atoms with Crippen LogP contribution in [-0.4, -0.2) is 47.4 Å². The lowest BCUT2D eigenvalue weighted by Crippen LogP contribution is -2.45. The van der Waals surface area contributed by atoms with Gasteiger partial charge in [-0.2, -0.15) is 0 Å². The number of aliphatic hydroxyl groups excluding tert-OH is 2. The van der Waals surface area contributed by atoms with Gasteiger partial charge in [0, 0.05) is 12.8 Å². The zero-order chi connectivity index (χ0) is 47.9. The molecular formula is C60H115NO5. The Hall–Kier alpha value is -1.66. The molecule has 0 aliphatic heterocycles. The molecule has 0 radical (unpaired) electrons. The van der Waals surface area contributed by atoms with E-state index in [4.69, 9.17) is 4.74 Å². The number of hydrogen-bond acceptors (Lipinski definition) is 5. The van der Waals surface area contributed by atoms with E-state index < -0.39 is 12.1 Å². The average Bonchev–Trinajstić information content (AvgIpc) is 3.32. The Labute approximate surface area is 411 Å². The highest BCUT2D eigenvalue weighted by molar-refractivity contribution is 5.76. The third-order valence-corrected chi connectivity index (χ3v) is 13.7. The number of amides is 1. The smallest absolute Gasteiger partial charge is 0.305 e. The number of hydrogen-bond donors (Lipinski definition) is 3. The van der Waals surface area contributed by atoms with E-state index in [-0.39, 0.29) is 18.5 Å². The number of unbranched alkanes of at least 4 members (excludes halogenated alkanes) is 42. The van der Waals surface area contributed by atoms with Crippen molar-refractivity contribution in [1.82, 2.24) is 5.32 Å². The van der Waals surface area contributed by atoms with Crippen molar-refractivity contribution in [3.05, 3.63) is 24.3 Å². The second-order valence-electron chi connectivity index (χ2n) is 20.3. The van der Waals surface area contributed by atoms with Crippen LogP contribution in [0.25, 0.3) is 0 Å². The van der Waals surface area contributed by atoms with Gasteiger partial charge in [-0.25, -0.2) is 0 Å². The number of allylic oxidation sites excluding steroid dienone is 3. The Bertz CT molecular complexity index is 1030. The number of nitrogens with one attached hydrogen (secondary N) is 1. The number of esters is 1. The normalized spacial score (nSPS) is 12.7. The molecule has 6 nitrogen and oxygen atoms in total. The van der Waals surface area contributed by atoms with Crippen LogP contribution in [-0.2, 0) is 14.3 Å². The Morgan fingerprint density at radius 1 is 0.409 bits per heavy atom. The molecule has 6 heteroatoms. The van der Waals surface area contributed by atoms with E-state index in [9.17, 15) is 19.8 Å². The number of ether oxygens (including phenoxy) is 1. The van der Waals surface area contributed by atoms with Gasteiger partial charge in [0.1, 0.15) is 0 Å². The molecule has 0 heterocycles. The molecule has 1 amide bonds. The second-order valence-corrected chi connectivity index (χ2v) is 20.3. The summed E-state index contributed by atoms with van der Waals surface area (Å²) in [5, 5.41) is 23.1. The maximum absolute atomic E-state index is 12.5. The molecule has 0 aromatic rings. The van der Waals surface area contributed by atoms with Gasteiger partial charge in [0.25, 0.3) is 0 Å². The number of aliphatic hydroxyl groups is 2. The molecule has 0 spiro atoms. The average molecular weight is 931 g/mol. The molecule has 2 atom stereocenters. The minimum atomic E-state index is -0.852. The zero-order valence-electron chi connectivity index (χ0n) is 44.4. The number of carbonyl (C=O) groups is 2. The van der Waals surface area contributed by atoms with Crippen LogP contribution in [0.4, 0.5) is 0 Å². The summed E-state index contributed by atoms with van der Waals surface area (Å²) in [6.45, 7) is 4.90. The molecule has 390 valence electrons. The SMILES string of the molecule is CCCCCCCCCCCCCCCCC/C=C/C(O)C(CO)NC(=O)CCCCCCCCC/C=C\CCCCCCCCOC(=O)CCCCCCCCCCCCCCCCC. The summed E-state index contributed by atoms with van der Waals surface area (Å²) < 4.78 is 5.47. The molecule has 0 saturated heterocycles. The predicted octanol–water partition coefficient (Wildman–Crippen LogP) is 18.2. The lowest BCUT2D eigenvalue weighted by Gasteiger charge is -2.20. The monoisotopic (exact) mass is 930 g/mol. The molecule has 3 N–H and O–H groups in total. The molecule has 0 aliphatic carbocycles. The fourth-order valence-electron chi connectivity index (χ4n) is 9.16. The lowest BCUT2D eigenvalue weighted by atomic mass is 10.0. The van der Waals surface area contributed by atoms with Gasteiger partial charge in [-0.1, -0.05) is 276 Å². The third kappa shape index (κ3) is 51.7. The summed E-state index contributed by atoms with van der Waals surface area (Å²) in [4.78, 5) is 24.5. The van der Waals surface area contributed by atoms with Crippen molar-refractivity contribution < 1.29 is 24.5 Å². The lowest BCUT2D eigenvalue weighted by molar-refractivity contribution is -0.143. The van der Waals surface area contributed by atoms with E-state index in [2.05, 4.69) is 31.3 Å². The van der Waals surface area contributed by atoms with Crippen LogP contribution in [0.5, 0.6) is 0 Å². The van der Waals surface area contributed by atoms with Gasteiger partial charge in [0.2, 0.25) is 5.91 Å². The third-order valence-electron chi connectivity index (χ3n) is 13.7. The van der Waals surface area contributed by atoms with Crippen LogP contribution in [0, 0.1) is 0 Å². The molecule has 0 rings (SSSR count). The minimum Gasteiger partial charge on any atom is -0.466 e. The van der Waals surface area contributed by atoms with Crippen molar-refractivity contribution in [3.63, 3.8) is 0 Å². The van der Waals surface area contributed by atoms with Gasteiger partial charge >= 0.3 is 5.97 Å². The molecule has 0 aromatic carbocycles. The summed E-state index contributed by atoms with van der Waals surface area (Å²) in [6, 6.07) is -0.636. The van der Waals surface area contributed by atoms with E-state index in [1.807, 2.05) is 6.08 Å². The van der Waals surface area contributed by atoms with Gasteiger partial charge in [-0.15, -0.1) is 0 Å². The molecule has 2 unspecified atom stereocenters. The first-order valence-corrected chi connectivity index (χ1v) is 29.6. The van der Waals surface area contributed by atoms with E-state index in [0.29, 0.717) is 19.4 Å². The summed E-state index contributed by atoms with van der Waals surface area (Å²) in [5.74, 6) is -0.0776. The molecule has 0 aliphatic rings. The van der Waals surface area contributed by atoms with Crippen LogP contribution in [0.1, 0.15) is 322 Å². The molecule has 0 saturated carbocycles. The van der Waals surface area contributed by atoms with Crippen molar-refractivity contribution in [2.45, 2.75) is 334 Å². The van der Waals surface area contributed by atoms with E-state index >= 15 is 0 Å². The summed E-state index contributed by atoms with van der Waals surface area (Å²) in [7, 11) is 0. The first kappa shape index (κ1) is 64.3. The minimum absolute atomic E-state index is 0.000413. The number of rotatable bonds is 55. The molecular weight excluding hydrogens is 815 g/mol. The molecule has 0 bridgehead atoms. The zero-order valence-corrected chi connectivity index (χ0v) is 44.4. The second kappa shape index (κ2) is 55.9. The highest BCUT2D eigenvalue weighted by Crippen LogP contribution is 2.17. The van der Waals surface area contributed by atoms with Gasteiger partial charge in [-0.3, -0.25) is 9.59 Å². The Kier molecular flexibility index (Phi) is 54.5. The standard InChI is InChI=1S/C60H115NO5/c1-3-5-7-9-11-13-15-17-19-21-25-28-32-36-40-44-48-52-58(63)57(56-62)61-59(64)53-49-45-41-37-33-29-26-22-20-23-27-31-35-39-43-47-51-55-66-60(65)54-50-46-42-38-34-30-24-18-16-14-12-10-8-6-4-2/h20,23,48,52,57-58,62-63H,3-19,21-22,24-47,49-51,53-56H2,1-2H3,(H,61,64)/b23-20-,52-48+. The molecule has 0 aromatic heterocycles. The largest absolute Gasteiger partial charge is 0.466 e. The van der Waals surface area contributed by atoms with Gasteiger partial charge in [0.15, 0.2) is 0 Å². The fraction of sp³-hybridized carbons (Fsp3) is 0.900. The van der Waals surface area contributed by atoms with Crippen LogP contribution in [0.15, 0.2) is 24.3 Å². The Morgan fingerprint density at radius 3 is 1.08 bits per heavy atom. The van der Waals surface area contributed by atoms with Gasteiger partial charge in [-0.05, 0) is 57.8 Å². The Balaban J connectivity index is 3.47. The first-order valence-electron chi connectivity index (χ1n) is 29.6. The van der Waals surface area contributed by atoms with Crippen molar-refractivity contribution in [1.29, 1.82) is 0 Å². The van der Waals surface area contributed by atoms with Crippen LogP contribution >= 0.6 is 0 Å². The fourth-order valence-corrected chi connectivity index (χ4v) is 9.16. The quantitative estimate of drug-likeness (QED) is 0.0321. The van der Waals surface area contributed by atoms with Crippen molar-refractivity contribution in [2.24, 2.45) is 0 Å². The van der Waals surface area contributed by atoms with Crippen molar-refractivity contribution in [3.8, 4) is 0 Å². The highest BCUT2D eigenvalue weighted by atomic mass is 16.5. The van der Waals surface area contributed by atoms with Crippen LogP contribution in [0.2, 0.25) is 0 Å². The van der Waals surface area contributed by atoms with Gasteiger partial charge < -0.3 is 20.3 Å². The maximum Gasteiger partial charge on any atom is 0.305 e. The predicted molar refractivity (Wildman–Crippen MR) is 287 cm³/mol. The van der Waals surface area contributed by atoms with E-state index in [0.717, 1.165) is 57.8 Å².